The number of hydrogen-bond acceptors (Lipinski definition) is 2. The van der Waals surface area contributed by atoms with Crippen LogP contribution < -0.4 is 5.32 Å². The van der Waals surface area contributed by atoms with Crippen molar-refractivity contribution in [2.24, 2.45) is 0 Å². The smallest absolute Gasteiger partial charge is 0.0654 e. The van der Waals surface area contributed by atoms with Gasteiger partial charge >= 0.3 is 0 Å². The highest BCUT2D eigenvalue weighted by atomic mass is 16.3. The zero-order valence-electron chi connectivity index (χ0n) is 6.43. The molecule has 2 N–H and O–H groups in total. The van der Waals surface area contributed by atoms with Crippen LogP contribution in [0.1, 0.15) is 19.8 Å². The van der Waals surface area contributed by atoms with Gasteiger partial charge in [-0.2, -0.15) is 0 Å². The van der Waals surface area contributed by atoms with E-state index in [1.807, 2.05) is 0 Å². The largest absolute Gasteiger partial charge is 0.392 e. The Morgan fingerprint density at radius 1 is 1.80 bits per heavy atom. The maximum Gasteiger partial charge on any atom is 0.0654 e. The Morgan fingerprint density at radius 2 is 2.60 bits per heavy atom. The molecule has 0 aromatic carbocycles. The minimum atomic E-state index is 0.212. The summed E-state index contributed by atoms with van der Waals surface area (Å²) in [6.07, 6.45) is 4.40. The summed E-state index contributed by atoms with van der Waals surface area (Å²) < 4.78 is 0. The minimum Gasteiger partial charge on any atom is -0.392 e. The summed E-state index contributed by atoms with van der Waals surface area (Å²) in [6.45, 7) is 3.26. The lowest BCUT2D eigenvalue weighted by atomic mass is 10.0. The second kappa shape index (κ2) is 3.74. The number of aliphatic hydroxyl groups is 1. The van der Waals surface area contributed by atoms with Crippen molar-refractivity contribution >= 4 is 0 Å². The second-order valence-corrected chi connectivity index (χ2v) is 2.74. The van der Waals surface area contributed by atoms with Gasteiger partial charge in [-0.3, -0.25) is 0 Å². The van der Waals surface area contributed by atoms with E-state index in [1.54, 1.807) is 0 Å². The summed E-state index contributed by atoms with van der Waals surface area (Å²) in [7, 11) is 0. The van der Waals surface area contributed by atoms with E-state index < -0.39 is 0 Å². The van der Waals surface area contributed by atoms with E-state index in [1.165, 1.54) is 6.42 Å². The first kappa shape index (κ1) is 7.76. The van der Waals surface area contributed by atoms with Crippen LogP contribution in [-0.4, -0.2) is 24.3 Å². The van der Waals surface area contributed by atoms with E-state index in [4.69, 9.17) is 5.11 Å². The van der Waals surface area contributed by atoms with Crippen LogP contribution in [0.4, 0.5) is 0 Å². The van der Waals surface area contributed by atoms with Gasteiger partial charge in [0.1, 0.15) is 0 Å². The Morgan fingerprint density at radius 3 is 3.00 bits per heavy atom. The van der Waals surface area contributed by atoms with E-state index in [9.17, 15) is 0 Å². The molecule has 0 aliphatic carbocycles. The van der Waals surface area contributed by atoms with Crippen LogP contribution in [0.3, 0.4) is 0 Å². The molecule has 0 saturated heterocycles. The van der Waals surface area contributed by atoms with Gasteiger partial charge in [0, 0.05) is 12.6 Å². The van der Waals surface area contributed by atoms with Crippen LogP contribution in [0.15, 0.2) is 11.6 Å². The van der Waals surface area contributed by atoms with E-state index >= 15 is 0 Å². The highest BCUT2D eigenvalue weighted by molar-refractivity contribution is 5.09. The average molecular weight is 141 g/mol. The molecule has 0 aromatic heterocycles. The lowest BCUT2D eigenvalue weighted by Crippen LogP contribution is -2.33. The summed E-state index contributed by atoms with van der Waals surface area (Å²) in [5.74, 6) is 0. The van der Waals surface area contributed by atoms with Gasteiger partial charge in [-0.1, -0.05) is 13.0 Å². The predicted octanol–water partition coefficient (Wildman–Crippen LogP) is 0.677. The van der Waals surface area contributed by atoms with Gasteiger partial charge in [-0.05, 0) is 18.4 Å². The van der Waals surface area contributed by atoms with Crippen LogP contribution in [0.5, 0.6) is 0 Å². The molecule has 0 aromatic rings. The first-order valence-corrected chi connectivity index (χ1v) is 3.89. The van der Waals surface area contributed by atoms with Crippen molar-refractivity contribution in [1.29, 1.82) is 0 Å². The van der Waals surface area contributed by atoms with Crippen molar-refractivity contribution in [3.05, 3.63) is 11.6 Å². The maximum atomic E-state index is 8.74. The molecule has 2 nitrogen and oxygen atoms in total. The SMILES string of the molecule is CCC1CC=C(CO)CN1. The van der Waals surface area contributed by atoms with Crippen molar-refractivity contribution < 1.29 is 5.11 Å². The molecular weight excluding hydrogens is 126 g/mol. The highest BCUT2D eigenvalue weighted by Crippen LogP contribution is 2.07. The fraction of sp³-hybridized carbons (Fsp3) is 0.750. The monoisotopic (exact) mass is 141 g/mol. The first-order valence-electron chi connectivity index (χ1n) is 3.89. The first-order chi connectivity index (χ1) is 4.86. The Hall–Kier alpha value is -0.340. The molecule has 1 rings (SSSR count). The summed E-state index contributed by atoms with van der Waals surface area (Å²) in [5, 5.41) is 12.1. The molecule has 1 aliphatic rings. The van der Waals surface area contributed by atoms with E-state index in [-0.39, 0.29) is 6.61 Å². The van der Waals surface area contributed by atoms with E-state index in [2.05, 4.69) is 18.3 Å². The molecule has 1 atom stereocenters. The fourth-order valence-corrected chi connectivity index (χ4v) is 1.17. The Kier molecular flexibility index (Phi) is 2.90. The van der Waals surface area contributed by atoms with Crippen molar-refractivity contribution in [3.8, 4) is 0 Å². The molecule has 1 aliphatic heterocycles. The molecule has 58 valence electrons. The van der Waals surface area contributed by atoms with Crippen LogP contribution in [0, 0.1) is 0 Å². The van der Waals surface area contributed by atoms with Gasteiger partial charge in [0.05, 0.1) is 6.61 Å². The third-order valence-corrected chi connectivity index (χ3v) is 2.00. The number of aliphatic hydroxyl groups excluding tert-OH is 1. The maximum absolute atomic E-state index is 8.74. The molecule has 1 heterocycles. The minimum absolute atomic E-state index is 0.212. The Labute approximate surface area is 61.9 Å². The standard InChI is InChI=1S/C8H15NO/c1-2-8-4-3-7(6-10)5-9-8/h3,8-10H,2,4-6H2,1H3. The number of hydrogen-bond donors (Lipinski definition) is 2. The average Bonchev–Trinajstić information content (AvgIpc) is 2.05. The van der Waals surface area contributed by atoms with Crippen LogP contribution in [-0.2, 0) is 0 Å². The van der Waals surface area contributed by atoms with Gasteiger partial charge in [-0.25, -0.2) is 0 Å². The molecule has 0 fully saturated rings. The molecule has 2 heteroatoms. The van der Waals surface area contributed by atoms with E-state index in [0.29, 0.717) is 6.04 Å². The van der Waals surface area contributed by atoms with Gasteiger partial charge in [-0.15, -0.1) is 0 Å². The quantitative estimate of drug-likeness (QED) is 0.554. The molecule has 0 spiro atoms. The predicted molar refractivity (Wildman–Crippen MR) is 41.9 cm³/mol. The highest BCUT2D eigenvalue weighted by Gasteiger charge is 2.09. The van der Waals surface area contributed by atoms with E-state index in [0.717, 1.165) is 18.5 Å². The molecule has 1 unspecified atom stereocenters. The van der Waals surface area contributed by atoms with Crippen molar-refractivity contribution in [3.63, 3.8) is 0 Å². The van der Waals surface area contributed by atoms with Gasteiger partial charge in [0.25, 0.3) is 0 Å². The van der Waals surface area contributed by atoms with Crippen LogP contribution >= 0.6 is 0 Å². The number of nitrogens with one attached hydrogen (secondary N) is 1. The van der Waals surface area contributed by atoms with Crippen LogP contribution in [0.25, 0.3) is 0 Å². The molecule has 10 heavy (non-hydrogen) atoms. The number of rotatable bonds is 2. The zero-order valence-corrected chi connectivity index (χ0v) is 6.43. The summed E-state index contributed by atoms with van der Waals surface area (Å²) in [6, 6.07) is 0.635. The topological polar surface area (TPSA) is 32.3 Å². The summed E-state index contributed by atoms with van der Waals surface area (Å²) in [4.78, 5) is 0. The third-order valence-electron chi connectivity index (χ3n) is 2.00. The van der Waals surface area contributed by atoms with Gasteiger partial charge in [0.15, 0.2) is 0 Å². The lowest BCUT2D eigenvalue weighted by Gasteiger charge is -2.21. The summed E-state index contributed by atoms with van der Waals surface area (Å²) >= 11 is 0. The molecule has 0 bridgehead atoms. The lowest BCUT2D eigenvalue weighted by molar-refractivity contribution is 0.320. The van der Waals surface area contributed by atoms with Crippen molar-refractivity contribution in [1.82, 2.24) is 5.32 Å². The molecule has 0 saturated carbocycles. The summed E-state index contributed by atoms with van der Waals surface area (Å²) in [5.41, 5.74) is 1.13. The Balaban J connectivity index is 2.36. The van der Waals surface area contributed by atoms with Crippen molar-refractivity contribution in [2.45, 2.75) is 25.8 Å². The van der Waals surface area contributed by atoms with Gasteiger partial charge in [0.2, 0.25) is 0 Å². The normalized spacial score (nSPS) is 26.2. The fourth-order valence-electron chi connectivity index (χ4n) is 1.17. The Bertz CT molecular complexity index is 131. The van der Waals surface area contributed by atoms with Crippen LogP contribution in [0.2, 0.25) is 0 Å². The molecular formula is C8H15NO. The van der Waals surface area contributed by atoms with Gasteiger partial charge < -0.3 is 10.4 Å². The molecule has 0 radical (unpaired) electrons. The second-order valence-electron chi connectivity index (χ2n) is 2.74. The van der Waals surface area contributed by atoms with Crippen molar-refractivity contribution in [2.75, 3.05) is 13.2 Å². The molecule has 0 amide bonds. The zero-order chi connectivity index (χ0) is 7.40. The third kappa shape index (κ3) is 1.82.